The van der Waals surface area contributed by atoms with E-state index in [2.05, 4.69) is 22.9 Å². The molecule has 0 radical (unpaired) electrons. The van der Waals surface area contributed by atoms with Gasteiger partial charge in [0, 0.05) is 22.0 Å². The number of halogens is 1. The van der Waals surface area contributed by atoms with Crippen molar-refractivity contribution in [3.8, 4) is 11.5 Å². The zero-order valence-corrected chi connectivity index (χ0v) is 15.5. The molecule has 0 atom stereocenters. The van der Waals surface area contributed by atoms with E-state index >= 15 is 0 Å². The van der Waals surface area contributed by atoms with Crippen LogP contribution in [-0.2, 0) is 6.42 Å². The molecule has 0 bridgehead atoms. The van der Waals surface area contributed by atoms with Crippen LogP contribution in [0.25, 0.3) is 11.0 Å². The lowest BCUT2D eigenvalue weighted by Gasteiger charge is -2.10. The molecular formula is C20H19BrO4. The van der Waals surface area contributed by atoms with Gasteiger partial charge in [-0.3, -0.25) is 0 Å². The first-order valence-corrected chi connectivity index (χ1v) is 9.03. The molecule has 3 aromatic rings. The number of ether oxygens (including phenoxy) is 2. The molecule has 0 saturated heterocycles. The van der Waals surface area contributed by atoms with Crippen LogP contribution < -0.4 is 15.1 Å². The molecule has 0 N–H and O–H groups in total. The first-order valence-electron chi connectivity index (χ1n) is 8.23. The van der Waals surface area contributed by atoms with Crippen molar-refractivity contribution in [2.45, 2.75) is 19.8 Å². The van der Waals surface area contributed by atoms with Crippen molar-refractivity contribution in [2.75, 3.05) is 13.2 Å². The number of fused-ring (bicyclic) bond motifs is 1. The molecule has 0 aliphatic carbocycles. The van der Waals surface area contributed by atoms with Crippen molar-refractivity contribution in [3.63, 3.8) is 0 Å². The third kappa shape index (κ3) is 4.63. The Balaban J connectivity index is 1.63. The van der Waals surface area contributed by atoms with Crippen LogP contribution in [0.15, 0.2) is 62.2 Å². The summed E-state index contributed by atoms with van der Waals surface area (Å²) in [7, 11) is 0. The summed E-state index contributed by atoms with van der Waals surface area (Å²) >= 11 is 3.39. The van der Waals surface area contributed by atoms with Gasteiger partial charge in [-0.1, -0.05) is 29.3 Å². The second kappa shape index (κ2) is 8.21. The maximum absolute atomic E-state index is 11.7. The van der Waals surface area contributed by atoms with Gasteiger partial charge in [0.1, 0.15) is 30.3 Å². The van der Waals surface area contributed by atoms with Crippen molar-refractivity contribution < 1.29 is 13.9 Å². The highest BCUT2D eigenvalue weighted by atomic mass is 79.9. The Bertz CT molecular complexity index is 900. The molecule has 3 rings (SSSR count). The van der Waals surface area contributed by atoms with Crippen LogP contribution in [0.5, 0.6) is 11.5 Å². The van der Waals surface area contributed by atoms with E-state index in [1.807, 2.05) is 36.4 Å². The number of hydrogen-bond donors (Lipinski definition) is 0. The summed E-state index contributed by atoms with van der Waals surface area (Å²) in [6.45, 7) is 2.92. The molecule has 2 aromatic carbocycles. The highest BCUT2D eigenvalue weighted by Gasteiger charge is 2.06. The molecule has 130 valence electrons. The Kier molecular flexibility index (Phi) is 5.76. The van der Waals surface area contributed by atoms with Crippen molar-refractivity contribution in [1.82, 2.24) is 0 Å². The third-order valence-electron chi connectivity index (χ3n) is 3.76. The number of benzene rings is 2. The Morgan fingerprint density at radius 1 is 0.960 bits per heavy atom. The minimum atomic E-state index is -0.327. The predicted molar refractivity (Wildman–Crippen MR) is 102 cm³/mol. The van der Waals surface area contributed by atoms with Gasteiger partial charge in [0.2, 0.25) is 0 Å². The lowest BCUT2D eigenvalue weighted by Crippen LogP contribution is -2.09. The molecular weight excluding hydrogens is 384 g/mol. The molecule has 1 aromatic heterocycles. The van der Waals surface area contributed by atoms with Crippen LogP contribution in [0, 0.1) is 0 Å². The van der Waals surface area contributed by atoms with E-state index in [0.29, 0.717) is 24.5 Å². The van der Waals surface area contributed by atoms with E-state index in [-0.39, 0.29) is 5.63 Å². The molecule has 0 aliphatic rings. The second-order valence-electron chi connectivity index (χ2n) is 5.65. The Morgan fingerprint density at radius 2 is 1.64 bits per heavy atom. The summed E-state index contributed by atoms with van der Waals surface area (Å²) in [5.74, 6) is 1.45. The smallest absolute Gasteiger partial charge is 0.336 e. The summed E-state index contributed by atoms with van der Waals surface area (Å²) in [5.41, 5.74) is 1.24. The molecule has 4 nitrogen and oxygen atoms in total. The molecule has 0 unspecified atom stereocenters. The highest BCUT2D eigenvalue weighted by Crippen LogP contribution is 2.23. The van der Waals surface area contributed by atoms with Crippen molar-refractivity contribution in [2.24, 2.45) is 0 Å². The average Bonchev–Trinajstić information content (AvgIpc) is 2.60. The zero-order chi connectivity index (χ0) is 17.6. The lowest BCUT2D eigenvalue weighted by molar-refractivity contribution is 0.217. The van der Waals surface area contributed by atoms with E-state index in [9.17, 15) is 4.79 Å². The molecule has 5 heteroatoms. The summed E-state index contributed by atoms with van der Waals surface area (Å²) in [4.78, 5) is 11.7. The topological polar surface area (TPSA) is 48.7 Å². The van der Waals surface area contributed by atoms with Crippen LogP contribution in [0.3, 0.4) is 0 Å². The first-order chi connectivity index (χ1) is 12.2. The van der Waals surface area contributed by atoms with Gasteiger partial charge < -0.3 is 13.9 Å². The van der Waals surface area contributed by atoms with E-state index in [1.165, 1.54) is 0 Å². The van der Waals surface area contributed by atoms with Crippen LogP contribution in [-0.4, -0.2) is 13.2 Å². The number of rotatable bonds is 7. The molecule has 0 fully saturated rings. The lowest BCUT2D eigenvalue weighted by atomic mass is 10.1. The molecule has 0 amide bonds. The van der Waals surface area contributed by atoms with Gasteiger partial charge in [-0.05, 0) is 48.4 Å². The van der Waals surface area contributed by atoms with Gasteiger partial charge in [-0.2, -0.15) is 0 Å². The minimum absolute atomic E-state index is 0.327. The van der Waals surface area contributed by atoms with Gasteiger partial charge >= 0.3 is 5.63 Å². The van der Waals surface area contributed by atoms with Crippen LogP contribution in [0.4, 0.5) is 0 Å². The van der Waals surface area contributed by atoms with E-state index < -0.39 is 0 Å². The van der Waals surface area contributed by atoms with Gasteiger partial charge in [0.05, 0.1) is 0 Å². The largest absolute Gasteiger partial charge is 0.490 e. The summed E-state index contributed by atoms with van der Waals surface area (Å²) < 4.78 is 17.6. The Hall–Kier alpha value is -2.27. The fourth-order valence-electron chi connectivity index (χ4n) is 2.63. The second-order valence-corrected chi connectivity index (χ2v) is 6.57. The molecule has 0 aliphatic heterocycles. The van der Waals surface area contributed by atoms with E-state index in [0.717, 1.165) is 34.0 Å². The molecule has 0 saturated carbocycles. The monoisotopic (exact) mass is 402 g/mol. The van der Waals surface area contributed by atoms with Crippen molar-refractivity contribution >= 4 is 26.9 Å². The summed E-state index contributed by atoms with van der Waals surface area (Å²) in [5, 5.41) is 0.958. The van der Waals surface area contributed by atoms with Gasteiger partial charge in [-0.15, -0.1) is 0 Å². The van der Waals surface area contributed by atoms with Crippen LogP contribution in [0.2, 0.25) is 0 Å². The van der Waals surface area contributed by atoms with Crippen molar-refractivity contribution in [3.05, 3.63) is 69.0 Å². The minimum Gasteiger partial charge on any atom is -0.490 e. The summed E-state index contributed by atoms with van der Waals surface area (Å²) in [6, 6.07) is 14.8. The highest BCUT2D eigenvalue weighted by molar-refractivity contribution is 9.10. The van der Waals surface area contributed by atoms with Crippen LogP contribution >= 0.6 is 15.9 Å². The van der Waals surface area contributed by atoms with Gasteiger partial charge in [0.25, 0.3) is 0 Å². The zero-order valence-electron chi connectivity index (χ0n) is 14.0. The molecule has 0 spiro atoms. The van der Waals surface area contributed by atoms with Crippen LogP contribution in [0.1, 0.15) is 18.9 Å². The number of aryl methyl sites for hydroxylation is 1. The average molecular weight is 403 g/mol. The standard InChI is InChI=1S/C20H19BrO4/c1-2-3-14-12-20(22)25-19-13-17(8-9-18(14)19)24-11-10-23-16-6-4-15(21)5-7-16/h4-9,12-13H,2-3,10-11H2,1H3. The number of hydrogen-bond acceptors (Lipinski definition) is 4. The van der Waals surface area contributed by atoms with Gasteiger partial charge in [0.15, 0.2) is 0 Å². The van der Waals surface area contributed by atoms with E-state index in [4.69, 9.17) is 13.9 Å². The van der Waals surface area contributed by atoms with E-state index in [1.54, 1.807) is 12.1 Å². The maximum atomic E-state index is 11.7. The third-order valence-corrected chi connectivity index (χ3v) is 4.28. The SMILES string of the molecule is CCCc1cc(=O)oc2cc(OCCOc3ccc(Br)cc3)ccc12. The normalized spacial score (nSPS) is 10.8. The summed E-state index contributed by atoms with van der Waals surface area (Å²) in [6.07, 6.45) is 1.83. The molecule has 1 heterocycles. The fourth-order valence-corrected chi connectivity index (χ4v) is 2.89. The quantitative estimate of drug-likeness (QED) is 0.413. The fraction of sp³-hybridized carbons (Fsp3) is 0.250. The Labute approximate surface area is 154 Å². The van der Waals surface area contributed by atoms with Gasteiger partial charge in [-0.25, -0.2) is 4.79 Å². The Morgan fingerprint density at radius 3 is 2.36 bits per heavy atom. The maximum Gasteiger partial charge on any atom is 0.336 e. The predicted octanol–water partition coefficient (Wildman–Crippen LogP) is 4.97. The molecule has 25 heavy (non-hydrogen) atoms. The first kappa shape index (κ1) is 17.5. The van der Waals surface area contributed by atoms with Crippen molar-refractivity contribution in [1.29, 1.82) is 0 Å².